The zero-order valence-corrected chi connectivity index (χ0v) is 11.3. The van der Waals surface area contributed by atoms with Crippen LogP contribution < -0.4 is 10.6 Å². The Hall–Kier alpha value is -2.17. The Morgan fingerprint density at radius 1 is 1.37 bits per heavy atom. The molecule has 0 bridgehead atoms. The van der Waals surface area contributed by atoms with Crippen LogP contribution in [-0.4, -0.2) is 31.2 Å². The number of carbonyl (C=O) groups is 3. The maximum atomic E-state index is 12.0. The summed E-state index contributed by atoms with van der Waals surface area (Å²) in [6.45, 7) is 5.31. The quantitative estimate of drug-likeness (QED) is 0.388. The third kappa shape index (κ3) is 6.35. The molecule has 1 atom stereocenters. The number of rotatable bonds is 8. The van der Waals surface area contributed by atoms with Crippen LogP contribution in [0.25, 0.3) is 0 Å². The number of hydrogen-bond acceptors (Lipinski definition) is 3. The summed E-state index contributed by atoms with van der Waals surface area (Å²) in [5, 5.41) is 5.05. The summed E-state index contributed by atoms with van der Waals surface area (Å²) in [4.78, 5) is 33.9. The molecule has 104 valence electrons. The molecule has 5 heteroatoms. The lowest BCUT2D eigenvalue weighted by atomic mass is 10.1. The highest BCUT2D eigenvalue weighted by Gasteiger charge is 2.19. The third-order valence-electron chi connectivity index (χ3n) is 2.35. The van der Waals surface area contributed by atoms with Crippen molar-refractivity contribution in [3.05, 3.63) is 36.5 Å². The topological polar surface area (TPSA) is 75.3 Å². The maximum absolute atomic E-state index is 12.0. The van der Waals surface area contributed by atoms with Gasteiger partial charge < -0.3 is 15.4 Å². The first-order valence-electron chi connectivity index (χ1n) is 6.02. The van der Waals surface area contributed by atoms with Gasteiger partial charge in [-0.2, -0.15) is 0 Å². The Morgan fingerprint density at radius 3 is 2.53 bits per heavy atom. The minimum Gasteiger partial charge on any atom is -0.357 e. The third-order valence-corrected chi connectivity index (χ3v) is 2.35. The summed E-state index contributed by atoms with van der Waals surface area (Å²) in [7, 11) is 1.48. The summed E-state index contributed by atoms with van der Waals surface area (Å²) in [6.07, 6.45) is 7.58. The zero-order valence-electron chi connectivity index (χ0n) is 11.3. The van der Waals surface area contributed by atoms with Gasteiger partial charge in [0.15, 0.2) is 0 Å². The van der Waals surface area contributed by atoms with Crippen LogP contribution >= 0.6 is 0 Å². The highest BCUT2D eigenvalue weighted by Crippen LogP contribution is 2.02. The number of carbonyl (C=O) groups excluding carboxylic acids is 3. The fraction of sp³-hybridized carbons (Fsp3) is 0.357. The zero-order chi connectivity index (χ0) is 14.7. The molecule has 2 N–H and O–H groups in total. The average molecular weight is 264 g/mol. The molecule has 1 unspecified atom stereocenters. The highest BCUT2D eigenvalue weighted by atomic mass is 16.2. The molecule has 0 rings (SSSR count). The van der Waals surface area contributed by atoms with Crippen LogP contribution in [-0.2, 0) is 14.4 Å². The minimum absolute atomic E-state index is 0.211. The lowest BCUT2D eigenvalue weighted by Gasteiger charge is -2.16. The molecule has 0 fully saturated rings. The minimum atomic E-state index is -0.721. The van der Waals surface area contributed by atoms with Gasteiger partial charge in [-0.3, -0.25) is 9.59 Å². The van der Waals surface area contributed by atoms with E-state index in [1.54, 1.807) is 25.2 Å². The molecular weight excluding hydrogens is 244 g/mol. The van der Waals surface area contributed by atoms with Crippen LogP contribution in [0, 0.1) is 0 Å². The van der Waals surface area contributed by atoms with Crippen LogP contribution in [0.5, 0.6) is 0 Å². The molecular formula is C14H20N2O3. The standard InChI is InChI=1S/C14H20N2O3/c1-4-7-11(8-5-2)13(18)16-12(9-6-10-17)14(19)15-3/h4-5,7-8,10,12H,1,6,9H2,2-3H3,(H,15,19)(H,16,18)/b8-5-,11-7?. The van der Waals surface area contributed by atoms with Gasteiger partial charge >= 0.3 is 0 Å². The van der Waals surface area contributed by atoms with E-state index in [-0.39, 0.29) is 24.7 Å². The van der Waals surface area contributed by atoms with Gasteiger partial charge in [-0.15, -0.1) is 0 Å². The molecule has 0 aromatic rings. The second kappa shape index (κ2) is 9.82. The van der Waals surface area contributed by atoms with Crippen molar-refractivity contribution >= 4 is 18.1 Å². The first kappa shape index (κ1) is 16.8. The molecule has 0 aliphatic rings. The van der Waals surface area contributed by atoms with Crippen LogP contribution in [0.4, 0.5) is 0 Å². The van der Waals surface area contributed by atoms with Gasteiger partial charge in [-0.1, -0.05) is 30.9 Å². The molecule has 19 heavy (non-hydrogen) atoms. The Labute approximate surface area is 113 Å². The Kier molecular flexibility index (Phi) is 8.70. The normalized spacial score (nSPS) is 12.8. The highest BCUT2D eigenvalue weighted by molar-refractivity contribution is 5.99. The van der Waals surface area contributed by atoms with Crippen LogP contribution in [0.1, 0.15) is 19.8 Å². The van der Waals surface area contributed by atoms with Crippen LogP contribution in [0.15, 0.2) is 36.5 Å². The smallest absolute Gasteiger partial charge is 0.251 e. The number of hydrogen-bond donors (Lipinski definition) is 2. The molecule has 0 aliphatic heterocycles. The van der Waals surface area contributed by atoms with Crippen molar-refractivity contribution in [3.8, 4) is 0 Å². The first-order chi connectivity index (χ1) is 9.10. The second-order valence-electron chi connectivity index (χ2n) is 3.74. The monoisotopic (exact) mass is 264 g/mol. The molecule has 0 saturated heterocycles. The predicted molar refractivity (Wildman–Crippen MR) is 74.4 cm³/mol. The van der Waals surface area contributed by atoms with Gasteiger partial charge in [-0.05, 0) is 13.3 Å². The van der Waals surface area contributed by atoms with Crippen molar-refractivity contribution < 1.29 is 14.4 Å². The Bertz CT molecular complexity index is 397. The van der Waals surface area contributed by atoms with Gasteiger partial charge in [0.25, 0.3) is 5.91 Å². The molecule has 0 spiro atoms. The van der Waals surface area contributed by atoms with E-state index in [2.05, 4.69) is 17.2 Å². The molecule has 0 aromatic heterocycles. The molecule has 2 amide bonds. The molecule has 0 aliphatic carbocycles. The van der Waals surface area contributed by atoms with Crippen molar-refractivity contribution in [2.24, 2.45) is 0 Å². The number of nitrogens with one attached hydrogen (secondary N) is 2. The van der Waals surface area contributed by atoms with E-state index in [0.29, 0.717) is 11.9 Å². The van der Waals surface area contributed by atoms with E-state index in [9.17, 15) is 14.4 Å². The van der Waals surface area contributed by atoms with Gasteiger partial charge in [0.05, 0.1) is 0 Å². The molecule has 0 heterocycles. The van der Waals surface area contributed by atoms with Crippen LogP contribution in [0.3, 0.4) is 0 Å². The van der Waals surface area contributed by atoms with Gasteiger partial charge in [-0.25, -0.2) is 0 Å². The number of aldehydes is 1. The van der Waals surface area contributed by atoms with Gasteiger partial charge in [0, 0.05) is 19.0 Å². The fourth-order valence-electron chi connectivity index (χ4n) is 1.43. The van der Waals surface area contributed by atoms with E-state index in [1.165, 1.54) is 13.1 Å². The molecule has 0 saturated carbocycles. The van der Waals surface area contributed by atoms with Crippen molar-refractivity contribution in [1.82, 2.24) is 10.6 Å². The second-order valence-corrected chi connectivity index (χ2v) is 3.74. The first-order valence-corrected chi connectivity index (χ1v) is 6.02. The van der Waals surface area contributed by atoms with E-state index in [0.717, 1.165) is 0 Å². The number of allylic oxidation sites excluding steroid dienone is 3. The Balaban J connectivity index is 4.85. The SMILES string of the molecule is C=CC=C(/C=C\C)C(=O)NC(CCC=O)C(=O)NC. The number of likely N-dealkylation sites (N-methyl/N-ethyl adjacent to an activating group) is 1. The molecule has 5 nitrogen and oxygen atoms in total. The van der Waals surface area contributed by atoms with Gasteiger partial charge in [0.1, 0.15) is 12.3 Å². The van der Waals surface area contributed by atoms with Gasteiger partial charge in [0.2, 0.25) is 5.91 Å². The summed E-state index contributed by atoms with van der Waals surface area (Å²) < 4.78 is 0. The summed E-state index contributed by atoms with van der Waals surface area (Å²) in [5.41, 5.74) is 0.400. The van der Waals surface area contributed by atoms with Crippen LogP contribution in [0.2, 0.25) is 0 Å². The lowest BCUT2D eigenvalue weighted by molar-refractivity contribution is -0.127. The fourth-order valence-corrected chi connectivity index (χ4v) is 1.43. The summed E-state index contributed by atoms with van der Waals surface area (Å²) in [6, 6.07) is -0.721. The van der Waals surface area contributed by atoms with E-state index in [1.807, 2.05) is 0 Å². The number of amides is 2. The lowest BCUT2D eigenvalue weighted by Crippen LogP contribution is -2.46. The van der Waals surface area contributed by atoms with Crippen molar-refractivity contribution in [1.29, 1.82) is 0 Å². The van der Waals surface area contributed by atoms with Crippen molar-refractivity contribution in [3.63, 3.8) is 0 Å². The molecule has 0 aromatic carbocycles. The Morgan fingerprint density at radius 2 is 2.05 bits per heavy atom. The average Bonchev–Trinajstić information content (AvgIpc) is 2.42. The predicted octanol–water partition coefficient (Wildman–Crippen LogP) is 0.885. The van der Waals surface area contributed by atoms with E-state index in [4.69, 9.17) is 0 Å². The van der Waals surface area contributed by atoms with E-state index < -0.39 is 6.04 Å². The maximum Gasteiger partial charge on any atom is 0.251 e. The summed E-state index contributed by atoms with van der Waals surface area (Å²) >= 11 is 0. The summed E-state index contributed by atoms with van der Waals surface area (Å²) in [5.74, 6) is -0.703. The van der Waals surface area contributed by atoms with Crippen molar-refractivity contribution in [2.45, 2.75) is 25.8 Å². The van der Waals surface area contributed by atoms with Crippen molar-refractivity contribution in [2.75, 3.05) is 7.05 Å². The van der Waals surface area contributed by atoms with E-state index >= 15 is 0 Å². The largest absolute Gasteiger partial charge is 0.357 e. The molecule has 0 radical (unpaired) electrons.